The summed E-state index contributed by atoms with van der Waals surface area (Å²) in [5.74, 6) is -0.844. The summed E-state index contributed by atoms with van der Waals surface area (Å²) >= 11 is 0. The molecule has 2 aromatic rings. The van der Waals surface area contributed by atoms with Crippen LogP contribution in [0.4, 0.5) is 5.69 Å². The molecule has 0 unspecified atom stereocenters. The van der Waals surface area contributed by atoms with Gasteiger partial charge in [0.25, 0.3) is 0 Å². The van der Waals surface area contributed by atoms with Gasteiger partial charge in [-0.2, -0.15) is 0 Å². The van der Waals surface area contributed by atoms with Gasteiger partial charge in [-0.15, -0.1) is 0 Å². The molecule has 0 saturated heterocycles. The number of aryl methyl sites for hydroxylation is 1. The number of rotatable bonds is 5. The SMILES string of the molecule is Cc1ccc(CN(CC(=O)O)c2ccccc2)cn1. The van der Waals surface area contributed by atoms with Crippen molar-refractivity contribution < 1.29 is 9.90 Å². The van der Waals surface area contributed by atoms with Gasteiger partial charge in [0.1, 0.15) is 6.54 Å². The quantitative estimate of drug-likeness (QED) is 0.893. The van der Waals surface area contributed by atoms with Crippen molar-refractivity contribution in [1.29, 1.82) is 0 Å². The minimum absolute atomic E-state index is 0.0299. The first-order valence-corrected chi connectivity index (χ1v) is 6.08. The lowest BCUT2D eigenvalue weighted by molar-refractivity contribution is -0.135. The maximum atomic E-state index is 11.0. The summed E-state index contributed by atoms with van der Waals surface area (Å²) in [6.45, 7) is 2.43. The molecule has 1 aromatic carbocycles. The third kappa shape index (κ3) is 3.81. The monoisotopic (exact) mass is 256 g/mol. The van der Waals surface area contributed by atoms with Crippen molar-refractivity contribution >= 4 is 11.7 Å². The van der Waals surface area contributed by atoms with E-state index in [2.05, 4.69) is 4.98 Å². The number of carboxylic acid groups (broad SMARTS) is 1. The van der Waals surface area contributed by atoms with Gasteiger partial charge < -0.3 is 10.0 Å². The Kier molecular flexibility index (Phi) is 4.13. The van der Waals surface area contributed by atoms with Crippen LogP contribution in [0.25, 0.3) is 0 Å². The Morgan fingerprint density at radius 3 is 2.53 bits per heavy atom. The molecular formula is C15H16N2O2. The first kappa shape index (κ1) is 13.1. The molecule has 19 heavy (non-hydrogen) atoms. The molecule has 0 aliphatic rings. The smallest absolute Gasteiger partial charge is 0.323 e. The Morgan fingerprint density at radius 2 is 1.95 bits per heavy atom. The van der Waals surface area contributed by atoms with Crippen LogP contribution in [-0.4, -0.2) is 22.6 Å². The lowest BCUT2D eigenvalue weighted by Crippen LogP contribution is -2.29. The highest BCUT2D eigenvalue weighted by Gasteiger charge is 2.11. The Morgan fingerprint density at radius 1 is 1.21 bits per heavy atom. The van der Waals surface area contributed by atoms with Crippen LogP contribution in [0.1, 0.15) is 11.3 Å². The number of hydrogen-bond acceptors (Lipinski definition) is 3. The second-order valence-electron chi connectivity index (χ2n) is 4.39. The number of nitrogens with zero attached hydrogens (tertiary/aromatic N) is 2. The van der Waals surface area contributed by atoms with Crippen molar-refractivity contribution in [3.8, 4) is 0 Å². The predicted octanol–water partition coefficient (Wildman–Crippen LogP) is 2.48. The van der Waals surface area contributed by atoms with Gasteiger partial charge in [-0.1, -0.05) is 24.3 Å². The fourth-order valence-corrected chi connectivity index (χ4v) is 1.85. The van der Waals surface area contributed by atoms with Crippen molar-refractivity contribution in [3.05, 3.63) is 59.9 Å². The van der Waals surface area contributed by atoms with Gasteiger partial charge >= 0.3 is 5.97 Å². The van der Waals surface area contributed by atoms with E-state index in [1.54, 1.807) is 6.20 Å². The second-order valence-corrected chi connectivity index (χ2v) is 4.39. The van der Waals surface area contributed by atoms with E-state index in [1.807, 2.05) is 54.3 Å². The molecule has 0 radical (unpaired) electrons. The second kappa shape index (κ2) is 6.00. The highest BCUT2D eigenvalue weighted by Crippen LogP contribution is 2.16. The molecule has 0 amide bonds. The number of para-hydroxylation sites is 1. The number of carbonyl (C=O) groups is 1. The number of aromatic nitrogens is 1. The third-order valence-corrected chi connectivity index (χ3v) is 2.79. The van der Waals surface area contributed by atoms with E-state index in [4.69, 9.17) is 5.11 Å². The van der Waals surface area contributed by atoms with E-state index in [1.165, 1.54) is 0 Å². The van der Waals surface area contributed by atoms with Gasteiger partial charge in [0.15, 0.2) is 0 Å². The Balaban J connectivity index is 2.19. The zero-order valence-electron chi connectivity index (χ0n) is 10.8. The molecule has 0 bridgehead atoms. The van der Waals surface area contributed by atoms with Crippen molar-refractivity contribution in [2.45, 2.75) is 13.5 Å². The summed E-state index contributed by atoms with van der Waals surface area (Å²) in [6, 6.07) is 13.4. The van der Waals surface area contributed by atoms with E-state index in [0.717, 1.165) is 16.9 Å². The molecule has 2 rings (SSSR count). The molecule has 1 heterocycles. The van der Waals surface area contributed by atoms with Crippen LogP contribution in [0.3, 0.4) is 0 Å². The van der Waals surface area contributed by atoms with Crippen LogP contribution in [0, 0.1) is 6.92 Å². The van der Waals surface area contributed by atoms with Gasteiger partial charge in [0.2, 0.25) is 0 Å². The molecule has 1 N–H and O–H groups in total. The average molecular weight is 256 g/mol. The topological polar surface area (TPSA) is 53.4 Å². The Bertz CT molecular complexity index is 538. The minimum atomic E-state index is -0.844. The maximum Gasteiger partial charge on any atom is 0.323 e. The summed E-state index contributed by atoms with van der Waals surface area (Å²) in [7, 11) is 0. The summed E-state index contributed by atoms with van der Waals surface area (Å²) in [5, 5.41) is 9.01. The van der Waals surface area contributed by atoms with Gasteiger partial charge in [0, 0.05) is 24.1 Å². The Hall–Kier alpha value is -2.36. The van der Waals surface area contributed by atoms with Gasteiger partial charge in [-0.3, -0.25) is 9.78 Å². The molecule has 1 aromatic heterocycles. The zero-order valence-corrected chi connectivity index (χ0v) is 10.8. The van der Waals surface area contributed by atoms with E-state index in [9.17, 15) is 4.79 Å². The molecule has 4 heteroatoms. The van der Waals surface area contributed by atoms with Crippen LogP contribution >= 0.6 is 0 Å². The van der Waals surface area contributed by atoms with Crippen LogP contribution < -0.4 is 4.90 Å². The fraction of sp³-hybridized carbons (Fsp3) is 0.200. The van der Waals surface area contributed by atoms with Crippen molar-refractivity contribution in [3.63, 3.8) is 0 Å². The fourth-order valence-electron chi connectivity index (χ4n) is 1.85. The number of pyridine rings is 1. The summed E-state index contributed by atoms with van der Waals surface area (Å²) < 4.78 is 0. The molecule has 0 aliphatic carbocycles. The van der Waals surface area contributed by atoms with Gasteiger partial charge in [-0.05, 0) is 30.7 Å². The number of anilines is 1. The minimum Gasteiger partial charge on any atom is -0.480 e. The number of aliphatic carboxylic acids is 1. The molecule has 0 fully saturated rings. The zero-order chi connectivity index (χ0) is 13.7. The highest BCUT2D eigenvalue weighted by atomic mass is 16.4. The normalized spacial score (nSPS) is 10.2. The predicted molar refractivity (Wildman–Crippen MR) is 74.1 cm³/mol. The summed E-state index contributed by atoms with van der Waals surface area (Å²) in [6.07, 6.45) is 1.78. The van der Waals surface area contributed by atoms with Crippen LogP contribution in [0.2, 0.25) is 0 Å². The lowest BCUT2D eigenvalue weighted by Gasteiger charge is -2.22. The average Bonchev–Trinajstić information content (AvgIpc) is 2.41. The molecule has 0 aliphatic heterocycles. The van der Waals surface area contributed by atoms with Crippen LogP contribution in [-0.2, 0) is 11.3 Å². The first-order valence-electron chi connectivity index (χ1n) is 6.08. The molecule has 4 nitrogen and oxygen atoms in total. The number of carboxylic acids is 1. The van der Waals surface area contributed by atoms with Crippen molar-refractivity contribution in [1.82, 2.24) is 4.98 Å². The van der Waals surface area contributed by atoms with Gasteiger partial charge in [-0.25, -0.2) is 0 Å². The maximum absolute atomic E-state index is 11.0. The molecule has 0 saturated carbocycles. The van der Waals surface area contributed by atoms with E-state index in [0.29, 0.717) is 6.54 Å². The molecular weight excluding hydrogens is 240 g/mol. The third-order valence-electron chi connectivity index (χ3n) is 2.79. The molecule has 0 atom stereocenters. The number of benzene rings is 1. The van der Waals surface area contributed by atoms with Crippen molar-refractivity contribution in [2.75, 3.05) is 11.4 Å². The van der Waals surface area contributed by atoms with Gasteiger partial charge in [0.05, 0.1) is 0 Å². The van der Waals surface area contributed by atoms with E-state index >= 15 is 0 Å². The summed E-state index contributed by atoms with van der Waals surface area (Å²) in [5.41, 5.74) is 2.84. The first-order chi connectivity index (χ1) is 9.15. The standard InChI is InChI=1S/C15H16N2O2/c1-12-7-8-13(9-16-12)10-17(11-15(18)19)14-5-3-2-4-6-14/h2-9H,10-11H2,1H3,(H,18,19). The molecule has 98 valence electrons. The Labute approximate surface area is 112 Å². The lowest BCUT2D eigenvalue weighted by atomic mass is 10.2. The molecule has 0 spiro atoms. The number of hydrogen-bond donors (Lipinski definition) is 1. The van der Waals surface area contributed by atoms with E-state index in [-0.39, 0.29) is 6.54 Å². The highest BCUT2D eigenvalue weighted by molar-refractivity contribution is 5.73. The summed E-state index contributed by atoms with van der Waals surface area (Å²) in [4.78, 5) is 17.0. The van der Waals surface area contributed by atoms with Crippen LogP contribution in [0.15, 0.2) is 48.7 Å². The van der Waals surface area contributed by atoms with Crippen molar-refractivity contribution in [2.24, 2.45) is 0 Å². The van der Waals surface area contributed by atoms with Crippen LogP contribution in [0.5, 0.6) is 0 Å². The van der Waals surface area contributed by atoms with E-state index < -0.39 is 5.97 Å². The largest absolute Gasteiger partial charge is 0.480 e.